The summed E-state index contributed by atoms with van der Waals surface area (Å²) in [5.41, 5.74) is 2.03. The molecule has 2 aliphatic carbocycles. The van der Waals surface area contributed by atoms with Gasteiger partial charge in [0, 0.05) is 5.71 Å². The van der Waals surface area contributed by atoms with Gasteiger partial charge in [-0.05, 0) is 42.9 Å². The van der Waals surface area contributed by atoms with E-state index < -0.39 is 0 Å². The van der Waals surface area contributed by atoms with Crippen LogP contribution < -0.4 is 0 Å². The maximum atomic E-state index is 4.86. The van der Waals surface area contributed by atoms with Gasteiger partial charge in [-0.1, -0.05) is 27.7 Å². The van der Waals surface area contributed by atoms with E-state index in [1.54, 1.807) is 0 Å². The van der Waals surface area contributed by atoms with Crippen LogP contribution >= 0.6 is 0 Å². The molecule has 0 aromatic carbocycles. The Morgan fingerprint density at radius 3 is 2.43 bits per heavy atom. The van der Waals surface area contributed by atoms with Gasteiger partial charge in [0.05, 0.1) is 6.04 Å². The van der Waals surface area contributed by atoms with Crippen molar-refractivity contribution in [1.29, 1.82) is 0 Å². The first-order chi connectivity index (χ1) is 6.50. The van der Waals surface area contributed by atoms with Crippen LogP contribution in [0.3, 0.4) is 0 Å². The molecular formula is C13H23N. The molecule has 0 bridgehead atoms. The molecule has 0 radical (unpaired) electrons. The lowest BCUT2D eigenvalue weighted by Gasteiger charge is -2.41. The van der Waals surface area contributed by atoms with E-state index in [0.29, 0.717) is 17.4 Å². The molecule has 2 unspecified atom stereocenters. The highest BCUT2D eigenvalue weighted by molar-refractivity contribution is 5.88. The van der Waals surface area contributed by atoms with E-state index in [9.17, 15) is 0 Å². The van der Waals surface area contributed by atoms with Crippen molar-refractivity contribution >= 4 is 5.71 Å². The summed E-state index contributed by atoms with van der Waals surface area (Å²) >= 11 is 0. The molecule has 2 saturated carbocycles. The lowest BCUT2D eigenvalue weighted by atomic mass is 9.64. The Bertz CT molecular complexity index is 248. The largest absolute Gasteiger partial charge is 0.291 e. The SMILES string of the molecule is CC1C(=NC2CC2)CCC(C)(C)C1C. The van der Waals surface area contributed by atoms with Gasteiger partial charge in [-0.2, -0.15) is 0 Å². The molecule has 80 valence electrons. The van der Waals surface area contributed by atoms with Crippen molar-refractivity contribution in [2.24, 2.45) is 22.2 Å². The standard InChI is InChI=1S/C13H23N/c1-9-10(2)13(3,4)8-7-12(9)14-11-5-6-11/h9-11H,5-8H2,1-4H3. The summed E-state index contributed by atoms with van der Waals surface area (Å²) < 4.78 is 0. The molecule has 0 aromatic rings. The Balaban J connectivity index is 2.09. The lowest BCUT2D eigenvalue weighted by molar-refractivity contribution is 0.164. The lowest BCUT2D eigenvalue weighted by Crippen LogP contribution is -2.37. The number of nitrogens with zero attached hydrogens (tertiary/aromatic N) is 1. The van der Waals surface area contributed by atoms with Crippen LogP contribution in [0.4, 0.5) is 0 Å². The zero-order valence-electron chi connectivity index (χ0n) is 10.0. The molecule has 1 heteroatoms. The number of aliphatic imine (C=N–C) groups is 1. The fourth-order valence-corrected chi connectivity index (χ4v) is 2.49. The zero-order chi connectivity index (χ0) is 10.3. The molecule has 0 saturated heterocycles. The van der Waals surface area contributed by atoms with Gasteiger partial charge in [-0.25, -0.2) is 0 Å². The van der Waals surface area contributed by atoms with Gasteiger partial charge in [-0.3, -0.25) is 4.99 Å². The first kappa shape index (κ1) is 10.2. The third-order valence-corrected chi connectivity index (χ3v) is 4.43. The third kappa shape index (κ3) is 1.87. The fraction of sp³-hybridized carbons (Fsp3) is 0.923. The highest BCUT2D eigenvalue weighted by atomic mass is 14.9. The molecular weight excluding hydrogens is 170 g/mol. The zero-order valence-corrected chi connectivity index (χ0v) is 10.0. The van der Waals surface area contributed by atoms with Crippen LogP contribution in [0.25, 0.3) is 0 Å². The molecule has 0 heterocycles. The van der Waals surface area contributed by atoms with E-state index in [2.05, 4.69) is 27.7 Å². The fourth-order valence-electron chi connectivity index (χ4n) is 2.49. The van der Waals surface area contributed by atoms with E-state index in [1.165, 1.54) is 31.4 Å². The van der Waals surface area contributed by atoms with Gasteiger partial charge < -0.3 is 0 Å². The molecule has 2 fully saturated rings. The molecule has 1 nitrogen and oxygen atoms in total. The second kappa shape index (κ2) is 3.36. The molecule has 14 heavy (non-hydrogen) atoms. The van der Waals surface area contributed by atoms with E-state index >= 15 is 0 Å². The summed E-state index contributed by atoms with van der Waals surface area (Å²) in [7, 11) is 0. The summed E-state index contributed by atoms with van der Waals surface area (Å²) in [4.78, 5) is 4.86. The van der Waals surface area contributed by atoms with E-state index in [1.807, 2.05) is 0 Å². The summed E-state index contributed by atoms with van der Waals surface area (Å²) in [6.07, 6.45) is 5.25. The smallest absolute Gasteiger partial charge is 0.0500 e. The van der Waals surface area contributed by atoms with E-state index in [0.717, 1.165) is 5.92 Å². The van der Waals surface area contributed by atoms with Crippen molar-refractivity contribution in [3.8, 4) is 0 Å². The molecule has 0 aromatic heterocycles. The van der Waals surface area contributed by atoms with Gasteiger partial charge in [0.1, 0.15) is 0 Å². The molecule has 0 amide bonds. The molecule has 2 rings (SSSR count). The number of rotatable bonds is 1. The summed E-state index contributed by atoms with van der Waals surface area (Å²) in [6, 6.07) is 0.709. The van der Waals surface area contributed by atoms with Gasteiger partial charge in [0.25, 0.3) is 0 Å². The van der Waals surface area contributed by atoms with Crippen molar-refractivity contribution in [1.82, 2.24) is 0 Å². The van der Waals surface area contributed by atoms with Crippen molar-refractivity contribution in [3.63, 3.8) is 0 Å². The monoisotopic (exact) mass is 193 g/mol. The second-order valence-electron chi connectivity index (χ2n) is 5.92. The minimum Gasteiger partial charge on any atom is -0.291 e. The second-order valence-corrected chi connectivity index (χ2v) is 5.92. The number of hydrogen-bond donors (Lipinski definition) is 0. The minimum absolute atomic E-state index is 0.516. The molecule has 2 atom stereocenters. The Hall–Kier alpha value is -0.330. The van der Waals surface area contributed by atoms with Gasteiger partial charge in [-0.15, -0.1) is 0 Å². The Morgan fingerprint density at radius 2 is 1.86 bits per heavy atom. The van der Waals surface area contributed by atoms with E-state index in [-0.39, 0.29) is 0 Å². The van der Waals surface area contributed by atoms with Crippen molar-refractivity contribution < 1.29 is 0 Å². The molecule has 0 aliphatic heterocycles. The van der Waals surface area contributed by atoms with Crippen LogP contribution in [0.1, 0.15) is 53.4 Å². The van der Waals surface area contributed by atoms with Crippen molar-refractivity contribution in [2.75, 3.05) is 0 Å². The van der Waals surface area contributed by atoms with Gasteiger partial charge in [0.2, 0.25) is 0 Å². The van der Waals surface area contributed by atoms with Gasteiger partial charge in [0.15, 0.2) is 0 Å². The molecule has 2 aliphatic rings. The minimum atomic E-state index is 0.516. The number of hydrogen-bond acceptors (Lipinski definition) is 1. The summed E-state index contributed by atoms with van der Waals surface area (Å²) in [5, 5.41) is 0. The Labute approximate surface area is 88.0 Å². The van der Waals surface area contributed by atoms with Crippen LogP contribution in [-0.4, -0.2) is 11.8 Å². The predicted molar refractivity (Wildman–Crippen MR) is 61.8 cm³/mol. The van der Waals surface area contributed by atoms with Crippen molar-refractivity contribution in [2.45, 2.75) is 59.4 Å². The maximum absolute atomic E-state index is 4.86. The topological polar surface area (TPSA) is 12.4 Å². The molecule has 0 N–H and O–H groups in total. The average Bonchev–Trinajstić information content (AvgIpc) is 2.91. The Morgan fingerprint density at radius 1 is 1.21 bits per heavy atom. The normalized spacial score (nSPS) is 40.1. The van der Waals surface area contributed by atoms with E-state index in [4.69, 9.17) is 4.99 Å². The third-order valence-electron chi connectivity index (χ3n) is 4.43. The van der Waals surface area contributed by atoms with Crippen LogP contribution in [0.5, 0.6) is 0 Å². The average molecular weight is 193 g/mol. The maximum Gasteiger partial charge on any atom is 0.0500 e. The first-order valence-electron chi connectivity index (χ1n) is 6.07. The van der Waals surface area contributed by atoms with Gasteiger partial charge >= 0.3 is 0 Å². The van der Waals surface area contributed by atoms with Crippen molar-refractivity contribution in [3.05, 3.63) is 0 Å². The first-order valence-corrected chi connectivity index (χ1v) is 6.07. The summed E-state index contributed by atoms with van der Waals surface area (Å²) in [5.74, 6) is 1.49. The highest BCUT2D eigenvalue weighted by Crippen LogP contribution is 2.43. The van der Waals surface area contributed by atoms with Crippen LogP contribution in [-0.2, 0) is 0 Å². The van der Waals surface area contributed by atoms with Crippen LogP contribution in [0.2, 0.25) is 0 Å². The quantitative estimate of drug-likeness (QED) is 0.602. The summed E-state index contributed by atoms with van der Waals surface area (Å²) in [6.45, 7) is 9.57. The Kier molecular flexibility index (Phi) is 2.45. The predicted octanol–water partition coefficient (Wildman–Crippen LogP) is 3.68. The molecule has 0 spiro atoms. The highest BCUT2D eigenvalue weighted by Gasteiger charge is 2.37. The van der Waals surface area contributed by atoms with Crippen LogP contribution in [0.15, 0.2) is 4.99 Å². The van der Waals surface area contributed by atoms with Crippen LogP contribution in [0, 0.1) is 17.3 Å².